The van der Waals surface area contributed by atoms with Crippen LogP contribution in [0, 0.1) is 10.1 Å². The van der Waals surface area contributed by atoms with Crippen LogP contribution in [0.5, 0.6) is 0 Å². The molecule has 94 valence electrons. The van der Waals surface area contributed by atoms with Crippen molar-refractivity contribution in [2.75, 3.05) is 5.32 Å². The summed E-state index contributed by atoms with van der Waals surface area (Å²) in [6, 6.07) is 6.55. The molecule has 1 unspecified atom stereocenters. The quantitative estimate of drug-likeness (QED) is 0.664. The molecule has 1 heterocycles. The lowest BCUT2D eigenvalue weighted by molar-refractivity contribution is -0.384. The molecule has 2 rings (SSSR count). The Morgan fingerprint density at radius 2 is 2.22 bits per heavy atom. The molecular formula is C12H11ClN2O2S. The molecule has 0 spiro atoms. The molecule has 1 aromatic carbocycles. The van der Waals surface area contributed by atoms with Gasteiger partial charge in [-0.2, -0.15) is 11.3 Å². The van der Waals surface area contributed by atoms with E-state index in [1.54, 1.807) is 17.4 Å². The third-order valence-corrected chi connectivity index (χ3v) is 3.59. The van der Waals surface area contributed by atoms with Crippen molar-refractivity contribution in [2.24, 2.45) is 0 Å². The van der Waals surface area contributed by atoms with E-state index in [1.807, 2.05) is 18.4 Å². The summed E-state index contributed by atoms with van der Waals surface area (Å²) in [5.74, 6) is 0. The van der Waals surface area contributed by atoms with Crippen molar-refractivity contribution >= 4 is 34.3 Å². The van der Waals surface area contributed by atoms with Crippen LogP contribution >= 0.6 is 22.9 Å². The largest absolute Gasteiger partial charge is 0.377 e. The Bertz CT molecular complexity index is 557. The van der Waals surface area contributed by atoms with Gasteiger partial charge in [0.25, 0.3) is 5.69 Å². The number of nitro groups is 1. The van der Waals surface area contributed by atoms with E-state index >= 15 is 0 Å². The molecule has 1 aromatic heterocycles. The van der Waals surface area contributed by atoms with Gasteiger partial charge in [-0.05, 0) is 35.4 Å². The number of hydrogen-bond acceptors (Lipinski definition) is 4. The standard InChI is InChI=1S/C12H11ClN2O2S/c1-8(9-4-5-18-7-9)14-12-3-2-10(15(16)17)6-11(12)13/h2-8,14H,1H3. The molecule has 6 heteroatoms. The number of hydrogen-bond donors (Lipinski definition) is 1. The number of rotatable bonds is 4. The highest BCUT2D eigenvalue weighted by Crippen LogP contribution is 2.30. The Hall–Kier alpha value is -1.59. The van der Waals surface area contributed by atoms with Gasteiger partial charge in [-0.3, -0.25) is 10.1 Å². The van der Waals surface area contributed by atoms with Crippen molar-refractivity contribution in [1.82, 2.24) is 0 Å². The van der Waals surface area contributed by atoms with Gasteiger partial charge in [0.05, 0.1) is 15.6 Å². The summed E-state index contributed by atoms with van der Waals surface area (Å²) in [6.07, 6.45) is 0. The van der Waals surface area contributed by atoms with Gasteiger partial charge in [0.2, 0.25) is 0 Å². The molecule has 0 aliphatic carbocycles. The average molecular weight is 283 g/mol. The first-order valence-corrected chi connectivity index (χ1v) is 6.62. The minimum atomic E-state index is -0.460. The summed E-state index contributed by atoms with van der Waals surface area (Å²) in [5.41, 5.74) is 1.85. The van der Waals surface area contributed by atoms with Crippen LogP contribution in [0.3, 0.4) is 0 Å². The van der Waals surface area contributed by atoms with Crippen LogP contribution in [-0.2, 0) is 0 Å². The van der Waals surface area contributed by atoms with Crippen LogP contribution in [0.1, 0.15) is 18.5 Å². The zero-order valence-corrected chi connectivity index (χ0v) is 11.2. The summed E-state index contributed by atoms with van der Waals surface area (Å²) in [4.78, 5) is 10.1. The predicted octanol–water partition coefficient (Wildman–Crippen LogP) is 4.48. The monoisotopic (exact) mass is 282 g/mol. The Morgan fingerprint density at radius 1 is 1.44 bits per heavy atom. The normalized spacial score (nSPS) is 12.1. The third kappa shape index (κ3) is 2.80. The maximum Gasteiger partial charge on any atom is 0.271 e. The van der Waals surface area contributed by atoms with E-state index in [2.05, 4.69) is 10.7 Å². The Kier molecular flexibility index (Phi) is 3.84. The van der Waals surface area contributed by atoms with Crippen molar-refractivity contribution in [3.05, 3.63) is 55.7 Å². The molecule has 4 nitrogen and oxygen atoms in total. The van der Waals surface area contributed by atoms with Crippen molar-refractivity contribution < 1.29 is 4.92 Å². The van der Waals surface area contributed by atoms with Crippen molar-refractivity contribution in [1.29, 1.82) is 0 Å². The number of halogens is 1. The number of nitro benzene ring substituents is 1. The van der Waals surface area contributed by atoms with E-state index in [0.717, 1.165) is 5.56 Å². The van der Waals surface area contributed by atoms with Crippen LogP contribution in [0.15, 0.2) is 35.0 Å². The molecule has 0 aliphatic heterocycles. The van der Waals surface area contributed by atoms with Gasteiger partial charge >= 0.3 is 0 Å². The first-order chi connectivity index (χ1) is 8.58. The summed E-state index contributed by atoms with van der Waals surface area (Å²) >= 11 is 7.64. The van der Waals surface area contributed by atoms with Gasteiger partial charge in [-0.15, -0.1) is 0 Å². The van der Waals surface area contributed by atoms with E-state index in [1.165, 1.54) is 12.1 Å². The number of nitrogens with zero attached hydrogens (tertiary/aromatic N) is 1. The SMILES string of the molecule is CC(Nc1ccc([N+](=O)[O-])cc1Cl)c1ccsc1. The average Bonchev–Trinajstić information content (AvgIpc) is 2.85. The van der Waals surface area contributed by atoms with Gasteiger partial charge < -0.3 is 5.32 Å². The Balaban J connectivity index is 2.17. The molecule has 0 fully saturated rings. The molecule has 0 bridgehead atoms. The molecule has 2 aromatic rings. The minimum absolute atomic E-state index is 0.00580. The Labute approximate surface area is 113 Å². The second-order valence-electron chi connectivity index (χ2n) is 3.84. The van der Waals surface area contributed by atoms with Crippen LogP contribution in [0.25, 0.3) is 0 Å². The van der Waals surface area contributed by atoms with E-state index in [9.17, 15) is 10.1 Å². The lowest BCUT2D eigenvalue weighted by atomic mass is 10.1. The third-order valence-electron chi connectivity index (χ3n) is 2.58. The van der Waals surface area contributed by atoms with Gasteiger partial charge in [-0.25, -0.2) is 0 Å². The van der Waals surface area contributed by atoms with Gasteiger partial charge in [0.1, 0.15) is 0 Å². The molecule has 0 aliphatic rings. The first kappa shape index (κ1) is 12.9. The highest BCUT2D eigenvalue weighted by molar-refractivity contribution is 7.08. The number of thiophene rings is 1. The second kappa shape index (κ2) is 5.37. The first-order valence-electron chi connectivity index (χ1n) is 5.30. The lowest BCUT2D eigenvalue weighted by Crippen LogP contribution is -2.06. The number of nitrogens with one attached hydrogen (secondary N) is 1. The highest BCUT2D eigenvalue weighted by Gasteiger charge is 2.12. The summed E-state index contributed by atoms with van der Waals surface area (Å²) in [7, 11) is 0. The van der Waals surface area contributed by atoms with E-state index < -0.39 is 4.92 Å². The smallest absolute Gasteiger partial charge is 0.271 e. The molecule has 0 radical (unpaired) electrons. The van der Waals surface area contributed by atoms with Crippen LogP contribution in [0.2, 0.25) is 5.02 Å². The second-order valence-corrected chi connectivity index (χ2v) is 5.03. The minimum Gasteiger partial charge on any atom is -0.377 e. The Morgan fingerprint density at radius 3 is 2.78 bits per heavy atom. The van der Waals surface area contributed by atoms with Gasteiger partial charge in [0.15, 0.2) is 0 Å². The summed E-state index contributed by atoms with van der Waals surface area (Å²) < 4.78 is 0. The lowest BCUT2D eigenvalue weighted by Gasteiger charge is -2.15. The molecule has 18 heavy (non-hydrogen) atoms. The maximum atomic E-state index is 10.6. The maximum absolute atomic E-state index is 10.6. The van der Waals surface area contributed by atoms with Crippen LogP contribution < -0.4 is 5.32 Å². The number of non-ortho nitro benzene ring substituents is 1. The van der Waals surface area contributed by atoms with Crippen molar-refractivity contribution in [3.8, 4) is 0 Å². The van der Waals surface area contributed by atoms with Crippen molar-refractivity contribution in [3.63, 3.8) is 0 Å². The van der Waals surface area contributed by atoms with Gasteiger partial charge in [-0.1, -0.05) is 11.6 Å². The number of anilines is 1. The van der Waals surface area contributed by atoms with E-state index in [4.69, 9.17) is 11.6 Å². The molecular weight excluding hydrogens is 272 g/mol. The topological polar surface area (TPSA) is 55.2 Å². The van der Waals surface area contributed by atoms with Crippen LogP contribution in [-0.4, -0.2) is 4.92 Å². The zero-order chi connectivity index (χ0) is 13.1. The van der Waals surface area contributed by atoms with Crippen molar-refractivity contribution in [2.45, 2.75) is 13.0 Å². The van der Waals surface area contributed by atoms with E-state index in [-0.39, 0.29) is 11.7 Å². The fraction of sp³-hybridized carbons (Fsp3) is 0.167. The predicted molar refractivity (Wildman–Crippen MR) is 74.5 cm³/mol. The summed E-state index contributed by atoms with van der Waals surface area (Å²) in [6.45, 7) is 2.01. The highest BCUT2D eigenvalue weighted by atomic mass is 35.5. The van der Waals surface area contributed by atoms with E-state index in [0.29, 0.717) is 10.7 Å². The molecule has 0 amide bonds. The fourth-order valence-electron chi connectivity index (χ4n) is 1.57. The molecule has 0 saturated heterocycles. The number of benzene rings is 1. The molecule has 1 atom stereocenters. The fourth-order valence-corrected chi connectivity index (χ4v) is 2.56. The zero-order valence-electron chi connectivity index (χ0n) is 9.59. The molecule has 0 saturated carbocycles. The summed E-state index contributed by atoms with van der Waals surface area (Å²) in [5, 5.41) is 18.2. The van der Waals surface area contributed by atoms with Gasteiger partial charge in [0, 0.05) is 18.2 Å². The molecule has 1 N–H and O–H groups in total. The van der Waals surface area contributed by atoms with Crippen LogP contribution in [0.4, 0.5) is 11.4 Å².